The molecule has 0 saturated carbocycles. The van der Waals surface area contributed by atoms with Gasteiger partial charge in [0.2, 0.25) is 0 Å². The number of halogens is 2. The first kappa shape index (κ1) is 12.3. The fraction of sp³-hybridized carbons (Fsp3) is 0.250. The number of hydrogen-bond donors (Lipinski definition) is 0. The first-order valence-electron chi connectivity index (χ1n) is 4.67. The van der Waals surface area contributed by atoms with Crippen LogP contribution in [-0.4, -0.2) is 5.78 Å². The third-order valence-corrected chi connectivity index (χ3v) is 2.69. The third kappa shape index (κ3) is 3.69. The predicted molar refractivity (Wildman–Crippen MR) is 65.3 cm³/mol. The number of allylic oxidation sites excluding steroid dienone is 1. The molecule has 0 aliphatic carbocycles. The van der Waals surface area contributed by atoms with Gasteiger partial charge < -0.3 is 0 Å². The molecule has 0 atom stereocenters. The Bertz CT molecular complexity index is 395. The van der Waals surface area contributed by atoms with E-state index in [0.717, 1.165) is 5.56 Å². The van der Waals surface area contributed by atoms with Gasteiger partial charge in [-0.05, 0) is 23.8 Å². The third-order valence-electron chi connectivity index (χ3n) is 1.95. The maximum atomic E-state index is 11.3. The SMILES string of the molecule is CC(C)C(=O)/C=C/c1ccc(Cl)c(Cl)c1. The van der Waals surface area contributed by atoms with Crippen LogP contribution in [0.25, 0.3) is 6.08 Å². The molecule has 0 bridgehead atoms. The lowest BCUT2D eigenvalue weighted by Gasteiger charge is -1.99. The smallest absolute Gasteiger partial charge is 0.158 e. The van der Waals surface area contributed by atoms with E-state index in [9.17, 15) is 4.79 Å². The number of rotatable bonds is 3. The van der Waals surface area contributed by atoms with Crippen molar-refractivity contribution in [3.63, 3.8) is 0 Å². The molecule has 15 heavy (non-hydrogen) atoms. The normalized spacial score (nSPS) is 11.3. The Morgan fingerprint density at radius 3 is 2.47 bits per heavy atom. The van der Waals surface area contributed by atoms with E-state index in [1.165, 1.54) is 0 Å². The molecule has 0 amide bonds. The van der Waals surface area contributed by atoms with E-state index in [2.05, 4.69) is 0 Å². The Morgan fingerprint density at radius 2 is 1.93 bits per heavy atom. The van der Waals surface area contributed by atoms with Crippen molar-refractivity contribution in [2.24, 2.45) is 5.92 Å². The van der Waals surface area contributed by atoms with Crippen molar-refractivity contribution in [1.82, 2.24) is 0 Å². The summed E-state index contributed by atoms with van der Waals surface area (Å²) in [5.74, 6) is 0.116. The van der Waals surface area contributed by atoms with Crippen LogP contribution in [0.3, 0.4) is 0 Å². The highest BCUT2D eigenvalue weighted by atomic mass is 35.5. The van der Waals surface area contributed by atoms with Crippen LogP contribution >= 0.6 is 23.2 Å². The molecule has 1 rings (SSSR count). The number of carbonyl (C=O) groups excluding carboxylic acids is 1. The molecule has 0 N–H and O–H groups in total. The first-order valence-corrected chi connectivity index (χ1v) is 5.43. The van der Waals surface area contributed by atoms with Crippen LogP contribution in [0.2, 0.25) is 10.0 Å². The van der Waals surface area contributed by atoms with Crippen LogP contribution in [0.4, 0.5) is 0 Å². The van der Waals surface area contributed by atoms with E-state index in [1.54, 1.807) is 24.3 Å². The summed E-state index contributed by atoms with van der Waals surface area (Å²) in [4.78, 5) is 11.3. The van der Waals surface area contributed by atoms with Gasteiger partial charge in [-0.2, -0.15) is 0 Å². The van der Waals surface area contributed by atoms with Gasteiger partial charge in [0.15, 0.2) is 5.78 Å². The quantitative estimate of drug-likeness (QED) is 0.726. The van der Waals surface area contributed by atoms with Crippen molar-refractivity contribution in [2.75, 3.05) is 0 Å². The van der Waals surface area contributed by atoms with Gasteiger partial charge in [-0.25, -0.2) is 0 Å². The second-order valence-electron chi connectivity index (χ2n) is 3.56. The highest BCUT2D eigenvalue weighted by molar-refractivity contribution is 6.42. The number of hydrogen-bond acceptors (Lipinski definition) is 1. The fourth-order valence-corrected chi connectivity index (χ4v) is 1.29. The maximum absolute atomic E-state index is 11.3. The Hall–Kier alpha value is -0.790. The van der Waals surface area contributed by atoms with Crippen LogP contribution in [0, 0.1) is 5.92 Å². The van der Waals surface area contributed by atoms with Crippen molar-refractivity contribution in [3.8, 4) is 0 Å². The van der Waals surface area contributed by atoms with Crippen molar-refractivity contribution < 1.29 is 4.79 Å². The van der Waals surface area contributed by atoms with Gasteiger partial charge in [-0.3, -0.25) is 4.79 Å². The summed E-state index contributed by atoms with van der Waals surface area (Å²) in [6, 6.07) is 5.26. The van der Waals surface area contributed by atoms with Gasteiger partial charge >= 0.3 is 0 Å². The zero-order valence-corrected chi connectivity index (χ0v) is 10.1. The number of carbonyl (C=O) groups is 1. The summed E-state index contributed by atoms with van der Waals surface area (Å²) < 4.78 is 0. The standard InChI is InChI=1S/C12H12Cl2O/c1-8(2)12(15)6-4-9-3-5-10(13)11(14)7-9/h3-8H,1-2H3/b6-4+. The lowest BCUT2D eigenvalue weighted by Crippen LogP contribution is -2.01. The van der Waals surface area contributed by atoms with Gasteiger partial charge in [0.1, 0.15) is 0 Å². The number of ketones is 1. The van der Waals surface area contributed by atoms with E-state index in [0.29, 0.717) is 10.0 Å². The maximum Gasteiger partial charge on any atom is 0.158 e. The Balaban J connectivity index is 2.81. The molecule has 80 valence electrons. The fourth-order valence-electron chi connectivity index (χ4n) is 0.987. The molecule has 0 unspecified atom stereocenters. The molecule has 0 aliphatic rings. The summed E-state index contributed by atoms with van der Waals surface area (Å²) in [5.41, 5.74) is 0.874. The monoisotopic (exact) mass is 242 g/mol. The molecular weight excluding hydrogens is 231 g/mol. The average molecular weight is 243 g/mol. The van der Waals surface area contributed by atoms with Crippen LogP contribution < -0.4 is 0 Å². The highest BCUT2D eigenvalue weighted by Gasteiger charge is 2.02. The molecule has 0 saturated heterocycles. The summed E-state index contributed by atoms with van der Waals surface area (Å²) in [5, 5.41) is 1.01. The minimum Gasteiger partial charge on any atom is -0.295 e. The van der Waals surface area contributed by atoms with E-state index < -0.39 is 0 Å². The van der Waals surface area contributed by atoms with Crippen LogP contribution in [0.5, 0.6) is 0 Å². The molecule has 0 fully saturated rings. The topological polar surface area (TPSA) is 17.1 Å². The zero-order valence-electron chi connectivity index (χ0n) is 8.63. The second kappa shape index (κ2) is 5.34. The lowest BCUT2D eigenvalue weighted by atomic mass is 10.1. The van der Waals surface area contributed by atoms with E-state index in [1.807, 2.05) is 19.9 Å². The van der Waals surface area contributed by atoms with Crippen molar-refractivity contribution in [1.29, 1.82) is 0 Å². The zero-order chi connectivity index (χ0) is 11.4. The molecule has 0 spiro atoms. The number of benzene rings is 1. The molecule has 3 heteroatoms. The first-order chi connectivity index (χ1) is 7.00. The Kier molecular flexibility index (Phi) is 4.37. The molecule has 0 aliphatic heterocycles. The largest absolute Gasteiger partial charge is 0.295 e. The van der Waals surface area contributed by atoms with Crippen molar-refractivity contribution in [3.05, 3.63) is 39.9 Å². The molecule has 1 nitrogen and oxygen atoms in total. The highest BCUT2D eigenvalue weighted by Crippen LogP contribution is 2.23. The van der Waals surface area contributed by atoms with Gasteiger partial charge in [0.25, 0.3) is 0 Å². The lowest BCUT2D eigenvalue weighted by molar-refractivity contribution is -0.117. The molecule has 1 aromatic carbocycles. The second-order valence-corrected chi connectivity index (χ2v) is 4.38. The van der Waals surface area contributed by atoms with Gasteiger partial charge in [-0.15, -0.1) is 0 Å². The van der Waals surface area contributed by atoms with Gasteiger partial charge in [0.05, 0.1) is 10.0 Å². The molecule has 0 heterocycles. The van der Waals surface area contributed by atoms with E-state index in [-0.39, 0.29) is 11.7 Å². The average Bonchev–Trinajstić information content (AvgIpc) is 2.19. The molecular formula is C12H12Cl2O. The minimum atomic E-state index is 0.0176. The molecule has 1 aromatic rings. The predicted octanol–water partition coefficient (Wildman–Crippen LogP) is 4.23. The van der Waals surface area contributed by atoms with Crippen molar-refractivity contribution in [2.45, 2.75) is 13.8 Å². The summed E-state index contributed by atoms with van der Waals surface area (Å²) >= 11 is 11.6. The summed E-state index contributed by atoms with van der Waals surface area (Å²) in [7, 11) is 0. The summed E-state index contributed by atoms with van der Waals surface area (Å²) in [6.07, 6.45) is 3.30. The minimum absolute atomic E-state index is 0.0176. The Morgan fingerprint density at radius 1 is 1.27 bits per heavy atom. The van der Waals surface area contributed by atoms with Crippen LogP contribution in [0.15, 0.2) is 24.3 Å². The van der Waals surface area contributed by atoms with Crippen LogP contribution in [-0.2, 0) is 4.79 Å². The Labute approximate surface area is 99.7 Å². The van der Waals surface area contributed by atoms with E-state index >= 15 is 0 Å². The van der Waals surface area contributed by atoms with Gasteiger partial charge in [-0.1, -0.05) is 49.2 Å². The molecule has 0 radical (unpaired) electrons. The van der Waals surface area contributed by atoms with Crippen LogP contribution in [0.1, 0.15) is 19.4 Å². The van der Waals surface area contributed by atoms with E-state index in [4.69, 9.17) is 23.2 Å². The van der Waals surface area contributed by atoms with Gasteiger partial charge in [0, 0.05) is 5.92 Å². The summed E-state index contributed by atoms with van der Waals surface area (Å²) in [6.45, 7) is 3.73. The molecule has 0 aromatic heterocycles. The van der Waals surface area contributed by atoms with Crippen molar-refractivity contribution >= 4 is 35.1 Å².